The van der Waals surface area contributed by atoms with Gasteiger partial charge < -0.3 is 18.0 Å². The van der Waals surface area contributed by atoms with E-state index in [1.54, 1.807) is 6.08 Å². The summed E-state index contributed by atoms with van der Waals surface area (Å²) in [4.78, 5) is 15.7. The van der Waals surface area contributed by atoms with Crippen molar-refractivity contribution in [3.63, 3.8) is 0 Å². The Morgan fingerprint density at radius 1 is 0.377 bits per heavy atom. The van der Waals surface area contributed by atoms with E-state index in [-0.39, 0.29) is 0 Å². The fraction of sp³-hybridized carbons (Fsp3) is 0.0143. The predicted molar refractivity (Wildman–Crippen MR) is 318 cm³/mol. The Morgan fingerprint density at radius 2 is 0.883 bits per heavy atom. The second-order valence-electron chi connectivity index (χ2n) is 19.6. The summed E-state index contributed by atoms with van der Waals surface area (Å²) in [5.41, 5.74) is 16.8. The molecule has 0 unspecified atom stereocenters. The minimum absolute atomic E-state index is 0.566. The lowest BCUT2D eigenvalue weighted by Crippen LogP contribution is -2.01. The SMILES string of the molecule is C=C/C=C\C=C(/C)n1c2ccccc2c2cc3oc4ccc(-c5ccc(-c6ccc7oc8cc9c%10ccccc%10n(-c%10ccccc%10)c9cc8c7c6)cc5-c5nc(-c6ccccc6)nc(-c6ccccc6)n5)cc4c3cc21. The van der Waals surface area contributed by atoms with E-state index >= 15 is 0 Å². The topological polar surface area (TPSA) is 74.8 Å². The molecule has 0 amide bonds. The highest BCUT2D eigenvalue weighted by atomic mass is 16.3. The van der Waals surface area contributed by atoms with E-state index in [9.17, 15) is 0 Å². The third-order valence-electron chi connectivity index (χ3n) is 15.1. The van der Waals surface area contributed by atoms with Gasteiger partial charge in [0.15, 0.2) is 17.5 Å². The average Bonchev–Trinajstić information content (AvgIpc) is 4.36. The molecular weight excluding hydrogens is 943 g/mol. The summed E-state index contributed by atoms with van der Waals surface area (Å²) >= 11 is 0. The van der Waals surface area contributed by atoms with Gasteiger partial charge in [-0.1, -0.05) is 164 Å². The molecule has 0 aliphatic rings. The largest absolute Gasteiger partial charge is 0.456 e. The van der Waals surface area contributed by atoms with Crippen LogP contribution in [0.15, 0.2) is 258 Å². The third-order valence-corrected chi connectivity index (χ3v) is 15.1. The monoisotopic (exact) mass is 987 g/mol. The Kier molecular flexibility index (Phi) is 10.1. The van der Waals surface area contributed by atoms with Crippen molar-refractivity contribution < 1.29 is 8.83 Å². The van der Waals surface area contributed by atoms with Crippen LogP contribution in [0.25, 0.3) is 155 Å². The van der Waals surface area contributed by atoms with Crippen LogP contribution >= 0.6 is 0 Å². The molecule has 7 nitrogen and oxygen atoms in total. The lowest BCUT2D eigenvalue weighted by Gasteiger charge is -2.14. The van der Waals surface area contributed by atoms with Gasteiger partial charge in [-0.05, 0) is 114 Å². The van der Waals surface area contributed by atoms with Gasteiger partial charge in [-0.3, -0.25) is 0 Å². The molecule has 77 heavy (non-hydrogen) atoms. The van der Waals surface area contributed by atoms with Crippen LogP contribution in [-0.4, -0.2) is 24.1 Å². The van der Waals surface area contributed by atoms with Gasteiger partial charge in [0.2, 0.25) is 0 Å². The fourth-order valence-corrected chi connectivity index (χ4v) is 11.5. The van der Waals surface area contributed by atoms with Gasteiger partial charge in [0.1, 0.15) is 22.3 Å². The zero-order valence-electron chi connectivity index (χ0n) is 41.9. The highest BCUT2D eigenvalue weighted by Gasteiger charge is 2.22. The molecule has 0 spiro atoms. The van der Waals surface area contributed by atoms with Crippen LogP contribution in [0.3, 0.4) is 0 Å². The first-order valence-corrected chi connectivity index (χ1v) is 25.9. The summed E-state index contributed by atoms with van der Waals surface area (Å²) in [5.74, 6) is 1.75. The first-order valence-electron chi connectivity index (χ1n) is 25.9. The zero-order valence-corrected chi connectivity index (χ0v) is 41.9. The number of allylic oxidation sites excluding steroid dienone is 5. The van der Waals surface area contributed by atoms with Gasteiger partial charge in [-0.15, -0.1) is 0 Å². The van der Waals surface area contributed by atoms with Gasteiger partial charge >= 0.3 is 0 Å². The molecule has 362 valence electrons. The second kappa shape index (κ2) is 17.6. The molecule has 0 aliphatic carbocycles. The van der Waals surface area contributed by atoms with Crippen molar-refractivity contribution in [2.45, 2.75) is 6.92 Å². The number of benzene rings is 10. The molecule has 5 heterocycles. The highest BCUT2D eigenvalue weighted by molar-refractivity contribution is 6.19. The van der Waals surface area contributed by atoms with E-state index in [1.807, 2.05) is 72.8 Å². The van der Waals surface area contributed by atoms with E-state index in [0.29, 0.717) is 17.5 Å². The predicted octanol–water partition coefficient (Wildman–Crippen LogP) is 18.8. The summed E-state index contributed by atoms with van der Waals surface area (Å²) in [6.07, 6.45) is 7.90. The Morgan fingerprint density at radius 3 is 1.55 bits per heavy atom. The Bertz CT molecular complexity index is 4880. The molecular formula is C70H45N5O2. The highest BCUT2D eigenvalue weighted by Crippen LogP contribution is 2.44. The van der Waals surface area contributed by atoms with Crippen molar-refractivity contribution >= 4 is 93.2 Å². The van der Waals surface area contributed by atoms with Crippen LogP contribution in [0.5, 0.6) is 0 Å². The standard InChI is InChI=1S/C70H45N5O2/c1-3-4-8-19-43(2)74-60-28-17-15-26-51(60)53-41-66-57(39-62(53)74)56-38-48(32-35-65(56)77-66)50-33-30-46(37-59(50)70-72-68(44-20-9-5-10-21-44)71-69(73-70)45-22-11-6-12-23-45)47-31-34-64-55(36-47)58-40-63-54(42-67(58)76-64)52-27-16-18-29-61(52)75(63)49-24-13-7-14-25-49/h3-42H,1H2,2H3/b8-4-,43-19+. The first kappa shape index (κ1) is 44.1. The Labute approximate surface area is 442 Å². The summed E-state index contributed by atoms with van der Waals surface area (Å²) < 4.78 is 18.1. The number of fused-ring (bicyclic) bond motifs is 12. The smallest absolute Gasteiger partial charge is 0.164 e. The summed E-state index contributed by atoms with van der Waals surface area (Å²) in [5, 5.41) is 8.78. The molecule has 0 aliphatic heterocycles. The van der Waals surface area contributed by atoms with Crippen LogP contribution in [0.4, 0.5) is 0 Å². The number of rotatable bonds is 9. The number of hydrogen-bond donors (Lipinski definition) is 0. The van der Waals surface area contributed by atoms with E-state index < -0.39 is 0 Å². The van der Waals surface area contributed by atoms with Crippen molar-refractivity contribution in [3.8, 4) is 62.1 Å². The zero-order chi connectivity index (χ0) is 51.1. The van der Waals surface area contributed by atoms with Crippen LogP contribution in [-0.2, 0) is 0 Å². The van der Waals surface area contributed by atoms with Crippen LogP contribution in [0, 0.1) is 0 Å². The van der Waals surface area contributed by atoms with Crippen molar-refractivity contribution in [2.75, 3.05) is 0 Å². The Hall–Kier alpha value is -10.4. The molecule has 0 saturated heterocycles. The molecule has 0 bridgehead atoms. The normalized spacial score (nSPS) is 12.3. The maximum atomic E-state index is 6.71. The molecule has 0 fully saturated rings. The third kappa shape index (κ3) is 7.24. The molecule has 10 aromatic carbocycles. The van der Waals surface area contributed by atoms with E-state index in [0.717, 1.165) is 127 Å². The molecule has 15 rings (SSSR count). The minimum atomic E-state index is 0.566. The molecule has 0 radical (unpaired) electrons. The van der Waals surface area contributed by atoms with Crippen LogP contribution in [0.2, 0.25) is 0 Å². The molecule has 5 aromatic heterocycles. The maximum Gasteiger partial charge on any atom is 0.164 e. The van der Waals surface area contributed by atoms with E-state index in [2.05, 4.69) is 186 Å². The lowest BCUT2D eigenvalue weighted by molar-refractivity contribution is 0.669. The molecule has 0 N–H and O–H groups in total. The molecule has 0 atom stereocenters. The number of aromatic nitrogens is 5. The van der Waals surface area contributed by atoms with Crippen molar-refractivity contribution in [3.05, 3.63) is 249 Å². The van der Waals surface area contributed by atoms with Crippen LogP contribution in [0.1, 0.15) is 6.92 Å². The summed E-state index contributed by atoms with van der Waals surface area (Å²) in [6.45, 7) is 6.02. The van der Waals surface area contributed by atoms with Crippen molar-refractivity contribution in [1.29, 1.82) is 0 Å². The summed E-state index contributed by atoms with van der Waals surface area (Å²) in [6, 6.07) is 76.7. The molecule has 15 aromatic rings. The van der Waals surface area contributed by atoms with Crippen molar-refractivity contribution in [2.24, 2.45) is 0 Å². The van der Waals surface area contributed by atoms with E-state index in [1.165, 1.54) is 10.8 Å². The number of furan rings is 2. The van der Waals surface area contributed by atoms with Gasteiger partial charge in [0, 0.05) is 71.2 Å². The fourth-order valence-electron chi connectivity index (χ4n) is 11.5. The number of nitrogens with zero attached hydrogens (tertiary/aromatic N) is 5. The summed E-state index contributed by atoms with van der Waals surface area (Å²) in [7, 11) is 0. The van der Waals surface area contributed by atoms with Gasteiger partial charge in [-0.25, -0.2) is 15.0 Å². The van der Waals surface area contributed by atoms with Gasteiger partial charge in [-0.2, -0.15) is 0 Å². The van der Waals surface area contributed by atoms with Gasteiger partial charge in [0.25, 0.3) is 0 Å². The first-order chi connectivity index (χ1) is 38.0. The van der Waals surface area contributed by atoms with Crippen LogP contribution < -0.4 is 0 Å². The average molecular weight is 988 g/mol. The van der Waals surface area contributed by atoms with Crippen molar-refractivity contribution in [1.82, 2.24) is 24.1 Å². The second-order valence-corrected chi connectivity index (χ2v) is 19.6. The minimum Gasteiger partial charge on any atom is -0.456 e. The maximum absolute atomic E-state index is 6.71. The Balaban J connectivity index is 0.940. The quantitative estimate of drug-likeness (QED) is 0.135. The molecule has 0 saturated carbocycles. The van der Waals surface area contributed by atoms with E-state index in [4.69, 9.17) is 23.8 Å². The molecule has 7 heteroatoms. The number of para-hydroxylation sites is 3. The lowest BCUT2D eigenvalue weighted by atomic mass is 9.93. The number of hydrogen-bond acceptors (Lipinski definition) is 5. The van der Waals surface area contributed by atoms with Gasteiger partial charge in [0.05, 0.1) is 22.1 Å².